The van der Waals surface area contributed by atoms with E-state index in [2.05, 4.69) is 20.5 Å². The number of H-pyrrole nitrogens is 1. The Hall–Kier alpha value is -1.96. The highest BCUT2D eigenvalue weighted by Crippen LogP contribution is 2.31. The number of halogens is 2. The van der Waals surface area contributed by atoms with Gasteiger partial charge in [-0.25, -0.2) is 4.98 Å². The van der Waals surface area contributed by atoms with Gasteiger partial charge in [-0.2, -0.15) is 13.9 Å². The maximum Gasteiger partial charge on any atom is 0.293 e. The highest BCUT2D eigenvalue weighted by atomic mass is 32.2. The van der Waals surface area contributed by atoms with E-state index in [-0.39, 0.29) is 5.82 Å². The summed E-state index contributed by atoms with van der Waals surface area (Å²) < 4.78 is 24.7. The van der Waals surface area contributed by atoms with Crippen LogP contribution in [-0.2, 0) is 0 Å². The van der Waals surface area contributed by atoms with E-state index in [9.17, 15) is 13.6 Å². The van der Waals surface area contributed by atoms with E-state index in [1.165, 1.54) is 12.4 Å². The fraction of sp³-hybridized carbons (Fsp3) is 0.100. The van der Waals surface area contributed by atoms with E-state index in [0.717, 1.165) is 0 Å². The Kier molecular flexibility index (Phi) is 3.88. The second-order valence-electron chi connectivity index (χ2n) is 3.16. The second-order valence-corrected chi connectivity index (χ2v) is 4.19. The van der Waals surface area contributed by atoms with E-state index < -0.39 is 11.7 Å². The summed E-state index contributed by atoms with van der Waals surface area (Å²) in [4.78, 5) is 15.6. The van der Waals surface area contributed by atoms with Gasteiger partial charge < -0.3 is 5.32 Å². The summed E-state index contributed by atoms with van der Waals surface area (Å²) in [5, 5.41) is 8.41. The van der Waals surface area contributed by atoms with Crippen LogP contribution in [0.1, 0.15) is 10.6 Å². The van der Waals surface area contributed by atoms with E-state index in [4.69, 9.17) is 0 Å². The molecule has 0 aliphatic rings. The van der Waals surface area contributed by atoms with Crippen LogP contribution in [0.15, 0.2) is 35.5 Å². The predicted molar refractivity (Wildman–Crippen MR) is 62.6 cm³/mol. The molecule has 18 heavy (non-hydrogen) atoms. The number of anilines is 1. The largest absolute Gasteiger partial charge is 0.318 e. The summed E-state index contributed by atoms with van der Waals surface area (Å²) in [5.74, 6) is -3.06. The van der Waals surface area contributed by atoms with Gasteiger partial charge in [-0.15, -0.1) is 0 Å². The summed E-state index contributed by atoms with van der Waals surface area (Å²) in [6.07, 6.45) is 1.19. The molecule has 0 aliphatic carbocycles. The lowest BCUT2D eigenvalue weighted by Gasteiger charge is -2.08. The van der Waals surface area contributed by atoms with Crippen LogP contribution < -0.4 is 5.32 Å². The predicted octanol–water partition coefficient (Wildman–Crippen LogP) is 2.37. The zero-order valence-corrected chi connectivity index (χ0v) is 9.75. The fourth-order valence-electron chi connectivity index (χ4n) is 1.27. The molecule has 94 valence electrons. The van der Waals surface area contributed by atoms with E-state index in [0.29, 0.717) is 22.3 Å². The van der Waals surface area contributed by atoms with Crippen molar-refractivity contribution in [3.8, 4) is 0 Å². The molecule has 0 aliphatic heterocycles. The third-order valence-electron chi connectivity index (χ3n) is 1.98. The first-order valence-corrected chi connectivity index (χ1v) is 5.75. The minimum Gasteiger partial charge on any atom is -0.318 e. The SMILES string of the molecule is O=C(Nc1ccccc1SC(F)F)c1ncn[nH]1. The van der Waals surface area contributed by atoms with Crippen molar-refractivity contribution in [3.63, 3.8) is 0 Å². The molecule has 0 saturated carbocycles. The van der Waals surface area contributed by atoms with Gasteiger partial charge in [0.05, 0.1) is 5.69 Å². The smallest absolute Gasteiger partial charge is 0.293 e. The highest BCUT2D eigenvalue weighted by molar-refractivity contribution is 7.99. The number of para-hydroxylation sites is 1. The topological polar surface area (TPSA) is 70.7 Å². The van der Waals surface area contributed by atoms with Crippen LogP contribution in [0.4, 0.5) is 14.5 Å². The van der Waals surface area contributed by atoms with Crippen LogP contribution in [0.3, 0.4) is 0 Å². The van der Waals surface area contributed by atoms with Crippen molar-refractivity contribution < 1.29 is 13.6 Å². The van der Waals surface area contributed by atoms with Crippen LogP contribution in [0.5, 0.6) is 0 Å². The number of rotatable bonds is 4. The van der Waals surface area contributed by atoms with Crippen molar-refractivity contribution in [1.82, 2.24) is 15.2 Å². The summed E-state index contributed by atoms with van der Waals surface area (Å²) in [5.41, 5.74) is 0.309. The minimum atomic E-state index is -2.55. The molecule has 1 heterocycles. The number of carbonyl (C=O) groups excluding carboxylic acids is 1. The second kappa shape index (κ2) is 5.58. The first-order chi connectivity index (χ1) is 8.66. The third kappa shape index (κ3) is 3.04. The monoisotopic (exact) mass is 270 g/mol. The molecule has 0 atom stereocenters. The molecule has 0 fully saturated rings. The summed E-state index contributed by atoms with van der Waals surface area (Å²) in [7, 11) is 0. The molecular weight excluding hydrogens is 262 g/mol. The number of hydrogen-bond donors (Lipinski definition) is 2. The highest BCUT2D eigenvalue weighted by Gasteiger charge is 2.14. The molecular formula is C10H8F2N4OS. The molecule has 1 aromatic heterocycles. The summed E-state index contributed by atoms with van der Waals surface area (Å²) in [6, 6.07) is 6.31. The average molecular weight is 270 g/mol. The lowest BCUT2D eigenvalue weighted by molar-refractivity contribution is 0.101. The van der Waals surface area contributed by atoms with Gasteiger partial charge >= 0.3 is 0 Å². The number of nitrogens with zero attached hydrogens (tertiary/aromatic N) is 2. The van der Waals surface area contributed by atoms with Crippen molar-refractivity contribution >= 4 is 23.4 Å². The Balaban J connectivity index is 2.16. The Morgan fingerprint density at radius 2 is 2.17 bits per heavy atom. The Morgan fingerprint density at radius 1 is 1.39 bits per heavy atom. The third-order valence-corrected chi connectivity index (χ3v) is 2.77. The van der Waals surface area contributed by atoms with Crippen LogP contribution in [-0.4, -0.2) is 26.8 Å². The average Bonchev–Trinajstić information content (AvgIpc) is 2.84. The van der Waals surface area contributed by atoms with Crippen LogP contribution in [0, 0.1) is 0 Å². The van der Waals surface area contributed by atoms with Crippen molar-refractivity contribution in [2.45, 2.75) is 10.7 Å². The molecule has 0 saturated heterocycles. The lowest BCUT2D eigenvalue weighted by Crippen LogP contribution is -2.14. The number of nitrogens with one attached hydrogen (secondary N) is 2. The van der Waals surface area contributed by atoms with Gasteiger partial charge in [0.25, 0.3) is 11.7 Å². The molecule has 2 rings (SSSR count). The van der Waals surface area contributed by atoms with E-state index >= 15 is 0 Å². The van der Waals surface area contributed by atoms with Crippen molar-refractivity contribution in [3.05, 3.63) is 36.4 Å². The van der Waals surface area contributed by atoms with E-state index in [1.54, 1.807) is 18.2 Å². The summed E-state index contributed by atoms with van der Waals surface area (Å²) >= 11 is 0.370. The standard InChI is InChI=1S/C10H8F2N4OS/c11-10(12)18-7-4-2-1-3-6(7)15-9(17)8-13-5-14-16-8/h1-5,10H,(H,15,17)(H,13,14,16). The number of aromatic amines is 1. The Labute approximate surface area is 105 Å². The number of thioether (sulfide) groups is 1. The van der Waals surface area contributed by atoms with Gasteiger partial charge in [-0.3, -0.25) is 9.89 Å². The molecule has 0 spiro atoms. The Bertz CT molecular complexity index is 532. The van der Waals surface area contributed by atoms with Crippen LogP contribution >= 0.6 is 11.8 Å². The van der Waals surface area contributed by atoms with Gasteiger partial charge in [0.1, 0.15) is 6.33 Å². The molecule has 0 radical (unpaired) electrons. The van der Waals surface area contributed by atoms with Gasteiger partial charge in [-0.1, -0.05) is 23.9 Å². The first-order valence-electron chi connectivity index (χ1n) is 4.87. The number of carbonyl (C=O) groups is 1. The Morgan fingerprint density at radius 3 is 2.83 bits per heavy atom. The molecule has 8 heteroatoms. The number of amides is 1. The number of benzene rings is 1. The van der Waals surface area contributed by atoms with Gasteiger partial charge in [0.2, 0.25) is 5.82 Å². The van der Waals surface area contributed by atoms with Crippen molar-refractivity contribution in [2.75, 3.05) is 5.32 Å². The first kappa shape index (κ1) is 12.5. The van der Waals surface area contributed by atoms with Crippen LogP contribution in [0.2, 0.25) is 0 Å². The van der Waals surface area contributed by atoms with Crippen LogP contribution in [0.25, 0.3) is 0 Å². The maximum atomic E-state index is 12.3. The maximum absolute atomic E-state index is 12.3. The van der Waals surface area contributed by atoms with Crippen molar-refractivity contribution in [1.29, 1.82) is 0 Å². The zero-order valence-electron chi connectivity index (χ0n) is 8.93. The molecule has 2 aromatic rings. The normalized spacial score (nSPS) is 10.6. The molecule has 0 bridgehead atoms. The minimum absolute atomic E-state index is 0.0202. The molecule has 0 unspecified atom stereocenters. The van der Waals surface area contributed by atoms with Crippen molar-refractivity contribution in [2.24, 2.45) is 0 Å². The van der Waals surface area contributed by atoms with E-state index in [1.807, 2.05) is 0 Å². The molecule has 1 aromatic carbocycles. The quantitative estimate of drug-likeness (QED) is 0.837. The van der Waals surface area contributed by atoms with Gasteiger partial charge in [0, 0.05) is 4.90 Å². The number of hydrogen-bond acceptors (Lipinski definition) is 4. The van der Waals surface area contributed by atoms with Gasteiger partial charge in [0.15, 0.2) is 0 Å². The molecule has 2 N–H and O–H groups in total. The van der Waals surface area contributed by atoms with Gasteiger partial charge in [-0.05, 0) is 12.1 Å². The zero-order chi connectivity index (χ0) is 13.0. The summed E-state index contributed by atoms with van der Waals surface area (Å²) in [6.45, 7) is 0. The lowest BCUT2D eigenvalue weighted by atomic mass is 10.3. The fourth-order valence-corrected chi connectivity index (χ4v) is 1.86. The molecule has 1 amide bonds. The number of aromatic nitrogens is 3. The molecule has 5 nitrogen and oxygen atoms in total. The number of alkyl halides is 2.